The minimum Gasteiger partial charge on any atom is -0.461 e. The third-order valence-electron chi connectivity index (χ3n) is 9.31. The second-order valence-electron chi connectivity index (χ2n) is 12.1. The first-order valence-corrected chi connectivity index (χ1v) is 14.9. The van der Waals surface area contributed by atoms with Gasteiger partial charge in [0.25, 0.3) is 0 Å². The van der Waals surface area contributed by atoms with E-state index in [-0.39, 0.29) is 50.3 Å². The molecule has 242 valence electrons. The van der Waals surface area contributed by atoms with Gasteiger partial charge in [0.05, 0.1) is 43.8 Å². The third kappa shape index (κ3) is 4.94. The first-order valence-electron chi connectivity index (χ1n) is 15.5. The summed E-state index contributed by atoms with van der Waals surface area (Å²) in [6.45, 7) is -0.981. The van der Waals surface area contributed by atoms with Crippen LogP contribution < -0.4 is 15.4 Å². The van der Waals surface area contributed by atoms with Crippen molar-refractivity contribution in [3.05, 3.63) is 39.9 Å². The maximum atomic E-state index is 16.7. The van der Waals surface area contributed by atoms with E-state index < -0.39 is 98.7 Å². The monoisotopic (exact) mass is 661 g/mol. The van der Waals surface area contributed by atoms with Crippen LogP contribution in [0, 0.1) is 24.5 Å². The number of fused-ring (bicyclic) bond motifs is 3. The van der Waals surface area contributed by atoms with Gasteiger partial charge in [0.1, 0.15) is 36.1 Å². The van der Waals surface area contributed by atoms with E-state index in [0.29, 0.717) is 19.0 Å². The molecule has 1 aliphatic carbocycles. The number of hydrogen-bond acceptors (Lipinski definition) is 7. The molecule has 1 saturated carbocycles. The Bertz CT molecular complexity index is 1790. The lowest BCUT2D eigenvalue weighted by atomic mass is 9.93. The highest BCUT2D eigenvalue weighted by molar-refractivity contribution is 6.34. The average molecular weight is 662 g/mol. The summed E-state index contributed by atoms with van der Waals surface area (Å²) in [6.07, 6.45) is -7.13. The van der Waals surface area contributed by atoms with E-state index in [0.717, 1.165) is 13.0 Å². The standard InChI is InChI=1S/C30H29ClF7N5O2/c1-13-21(30(36,37)38)15(8-19(39)22(13)33)20-18(31)7-16-25(24(20)35)40-28(45-12-29-3-2-4-42(29)10-14(32)9-29)41-27(16)43-5-6-44-11-17-23(34)26(17)43/h7-8,14,17,23,26H,2-6,9-12,39H2,1H3/t14-,17+,23+,26+,29+/m1/s1/i12D2. The SMILES string of the molecule is [2H]C([2H])(Oc1nc(N2CCOC[C@H]3[C@H](F)[C@H]32)c2cc(Cl)c(-c3cc(N)c(F)c(C)c3C(F)(F)F)c(F)c2n1)[C@@]12CCCN1C[C@H](F)C2. The van der Waals surface area contributed by atoms with Crippen LogP contribution in [0.5, 0.6) is 6.01 Å². The van der Waals surface area contributed by atoms with Crippen LogP contribution in [0.1, 0.15) is 33.1 Å². The summed E-state index contributed by atoms with van der Waals surface area (Å²) in [5, 5.41) is -0.634. The molecule has 7 rings (SSSR count). The quantitative estimate of drug-likeness (QED) is 0.255. The number of alkyl halides is 5. The number of ether oxygens (including phenoxy) is 2. The van der Waals surface area contributed by atoms with Crippen LogP contribution in [-0.4, -0.2) is 78.2 Å². The van der Waals surface area contributed by atoms with Crippen molar-refractivity contribution in [1.29, 1.82) is 0 Å². The molecule has 0 spiro atoms. The number of hydrogen-bond donors (Lipinski definition) is 1. The fourth-order valence-electron chi connectivity index (χ4n) is 7.14. The fraction of sp³-hybridized carbons (Fsp3) is 0.533. The lowest BCUT2D eigenvalue weighted by Gasteiger charge is -2.31. The van der Waals surface area contributed by atoms with Crippen LogP contribution in [0.4, 0.5) is 42.2 Å². The van der Waals surface area contributed by atoms with Crippen molar-refractivity contribution in [2.45, 2.75) is 56.3 Å². The molecular weight excluding hydrogens is 631 g/mol. The van der Waals surface area contributed by atoms with E-state index in [2.05, 4.69) is 9.97 Å². The van der Waals surface area contributed by atoms with Crippen molar-refractivity contribution in [2.75, 3.05) is 50.0 Å². The first-order chi connectivity index (χ1) is 22.1. The predicted octanol–water partition coefficient (Wildman–Crippen LogP) is 6.27. The molecule has 5 atom stereocenters. The average Bonchev–Trinajstić information content (AvgIpc) is 3.33. The lowest BCUT2D eigenvalue weighted by Crippen LogP contribution is -2.43. The van der Waals surface area contributed by atoms with Crippen molar-refractivity contribution < 1.29 is 42.9 Å². The Balaban J connectivity index is 1.44. The largest absolute Gasteiger partial charge is 0.461 e. The van der Waals surface area contributed by atoms with Crippen LogP contribution in [0.3, 0.4) is 0 Å². The number of benzene rings is 2. The van der Waals surface area contributed by atoms with E-state index >= 15 is 4.39 Å². The van der Waals surface area contributed by atoms with E-state index in [9.17, 15) is 26.3 Å². The van der Waals surface area contributed by atoms with Crippen molar-refractivity contribution in [3.63, 3.8) is 0 Å². The molecule has 1 aromatic heterocycles. The molecule has 0 unspecified atom stereocenters. The molecule has 7 nitrogen and oxygen atoms in total. The number of nitrogens with two attached hydrogens (primary N) is 1. The van der Waals surface area contributed by atoms with Gasteiger partial charge in [0.15, 0.2) is 5.82 Å². The molecule has 0 bridgehead atoms. The summed E-state index contributed by atoms with van der Waals surface area (Å²) in [5.74, 6) is -3.34. The molecular formula is C30H29ClF7N5O2. The normalized spacial score (nSPS) is 29.3. The second-order valence-corrected chi connectivity index (χ2v) is 12.5. The highest BCUT2D eigenvalue weighted by Crippen LogP contribution is 2.49. The van der Waals surface area contributed by atoms with Gasteiger partial charge in [-0.3, -0.25) is 4.90 Å². The maximum Gasteiger partial charge on any atom is 0.417 e. The minimum absolute atomic E-state index is 0.000322. The highest BCUT2D eigenvalue weighted by Gasteiger charge is 2.56. The third-order valence-corrected chi connectivity index (χ3v) is 9.61. The minimum atomic E-state index is -5.15. The van der Waals surface area contributed by atoms with Crippen LogP contribution in [0.15, 0.2) is 12.1 Å². The number of nitrogens with zero attached hydrogens (tertiary/aromatic N) is 4. The number of anilines is 2. The first kappa shape index (κ1) is 28.1. The molecule has 45 heavy (non-hydrogen) atoms. The van der Waals surface area contributed by atoms with Crippen molar-refractivity contribution in [2.24, 2.45) is 5.92 Å². The van der Waals surface area contributed by atoms with E-state index in [1.165, 1.54) is 4.90 Å². The molecule has 2 N–H and O–H groups in total. The summed E-state index contributed by atoms with van der Waals surface area (Å²) >= 11 is 6.49. The number of rotatable bonds is 5. The number of aromatic nitrogens is 2. The predicted molar refractivity (Wildman–Crippen MR) is 153 cm³/mol. The molecule has 3 aromatic rings. The summed E-state index contributed by atoms with van der Waals surface area (Å²) in [4.78, 5) is 11.7. The summed E-state index contributed by atoms with van der Waals surface area (Å²) in [5.41, 5.74) is -0.983. The van der Waals surface area contributed by atoms with Gasteiger partial charge in [-0.25, -0.2) is 17.6 Å². The molecule has 0 amide bonds. The van der Waals surface area contributed by atoms with Crippen molar-refractivity contribution in [3.8, 4) is 17.1 Å². The lowest BCUT2D eigenvalue weighted by molar-refractivity contribution is -0.137. The number of halogens is 8. The fourth-order valence-corrected chi connectivity index (χ4v) is 7.43. The zero-order valence-electron chi connectivity index (χ0n) is 25.8. The molecule has 4 aliphatic rings. The zero-order chi connectivity index (χ0) is 33.8. The van der Waals surface area contributed by atoms with Crippen LogP contribution in [0.25, 0.3) is 22.0 Å². The Morgan fingerprint density at radius 3 is 2.73 bits per heavy atom. The Kier molecular flexibility index (Phi) is 6.71. The topological polar surface area (TPSA) is 76.7 Å². The van der Waals surface area contributed by atoms with E-state index in [1.807, 2.05) is 0 Å². The van der Waals surface area contributed by atoms with Crippen LogP contribution >= 0.6 is 11.6 Å². The van der Waals surface area contributed by atoms with Gasteiger partial charge >= 0.3 is 12.2 Å². The Hall–Kier alpha value is -3.10. The Labute approximate surface area is 261 Å². The van der Waals surface area contributed by atoms with Gasteiger partial charge in [-0.15, -0.1) is 0 Å². The van der Waals surface area contributed by atoms with Crippen LogP contribution in [-0.2, 0) is 10.9 Å². The number of nitrogen functional groups attached to an aromatic ring is 1. The Morgan fingerprint density at radius 2 is 1.98 bits per heavy atom. The molecule has 4 fully saturated rings. The highest BCUT2D eigenvalue weighted by atomic mass is 35.5. The van der Waals surface area contributed by atoms with Crippen molar-refractivity contribution in [1.82, 2.24) is 14.9 Å². The maximum absolute atomic E-state index is 16.7. The second kappa shape index (κ2) is 10.7. The summed E-state index contributed by atoms with van der Waals surface area (Å²) in [7, 11) is 0. The van der Waals surface area contributed by atoms with E-state index in [1.54, 1.807) is 4.90 Å². The van der Waals surface area contributed by atoms with Gasteiger partial charge in [0.2, 0.25) is 0 Å². The van der Waals surface area contributed by atoms with Crippen LogP contribution in [0.2, 0.25) is 5.02 Å². The smallest absolute Gasteiger partial charge is 0.417 e. The van der Waals surface area contributed by atoms with Gasteiger partial charge in [0, 0.05) is 41.9 Å². The molecule has 15 heteroatoms. The van der Waals surface area contributed by atoms with Gasteiger partial charge in [-0.2, -0.15) is 23.1 Å². The molecule has 0 radical (unpaired) electrons. The van der Waals surface area contributed by atoms with Gasteiger partial charge in [-0.1, -0.05) is 11.6 Å². The van der Waals surface area contributed by atoms with Gasteiger partial charge < -0.3 is 20.1 Å². The molecule has 4 heterocycles. The van der Waals surface area contributed by atoms with Gasteiger partial charge in [-0.05, 0) is 44.0 Å². The molecule has 2 aromatic carbocycles. The Morgan fingerprint density at radius 1 is 1.20 bits per heavy atom. The summed E-state index contributed by atoms with van der Waals surface area (Å²) in [6, 6.07) is 0.312. The van der Waals surface area contributed by atoms with Crippen molar-refractivity contribution >= 4 is 34.0 Å². The zero-order valence-corrected chi connectivity index (χ0v) is 24.6. The van der Waals surface area contributed by atoms with E-state index in [4.69, 9.17) is 29.5 Å². The molecule has 3 saturated heterocycles. The molecule has 3 aliphatic heterocycles. The summed E-state index contributed by atoms with van der Waals surface area (Å²) < 4.78 is 133.